The fourth-order valence-electron chi connectivity index (χ4n) is 2.49. The van der Waals surface area contributed by atoms with Crippen LogP contribution in [0.15, 0.2) is 0 Å². The van der Waals surface area contributed by atoms with Crippen LogP contribution in [0.2, 0.25) is 0 Å². The van der Waals surface area contributed by atoms with Crippen molar-refractivity contribution in [2.45, 2.75) is 18.4 Å². The first-order valence-electron chi connectivity index (χ1n) is 6.06. The van der Waals surface area contributed by atoms with Crippen LogP contribution < -0.4 is 5.32 Å². The van der Waals surface area contributed by atoms with Crippen molar-refractivity contribution in [3.05, 3.63) is 0 Å². The SMILES string of the molecule is O=S(=O)(O)CCN1CCNCC1(CCO)CCO. The van der Waals surface area contributed by atoms with Crippen LogP contribution in [0.3, 0.4) is 0 Å². The molecule has 8 heteroatoms. The highest BCUT2D eigenvalue weighted by atomic mass is 32.2. The molecule has 1 heterocycles. The lowest BCUT2D eigenvalue weighted by Crippen LogP contribution is -2.62. The van der Waals surface area contributed by atoms with Crippen molar-refractivity contribution in [2.24, 2.45) is 0 Å². The van der Waals surface area contributed by atoms with E-state index in [2.05, 4.69) is 5.32 Å². The Hall–Kier alpha value is -0.250. The minimum atomic E-state index is -3.99. The molecule has 0 amide bonds. The molecule has 0 atom stereocenters. The summed E-state index contributed by atoms with van der Waals surface area (Å²) in [6.45, 7) is 2.12. The molecule has 0 aromatic carbocycles. The Labute approximate surface area is 108 Å². The van der Waals surface area contributed by atoms with Crippen molar-refractivity contribution in [3.63, 3.8) is 0 Å². The monoisotopic (exact) mass is 282 g/mol. The van der Waals surface area contributed by atoms with Crippen LogP contribution in [0.4, 0.5) is 0 Å². The second kappa shape index (κ2) is 6.78. The molecule has 1 aliphatic heterocycles. The maximum atomic E-state index is 10.8. The molecule has 0 aromatic rings. The molecule has 1 rings (SSSR count). The number of nitrogens with zero attached hydrogens (tertiary/aromatic N) is 1. The molecule has 0 saturated carbocycles. The van der Waals surface area contributed by atoms with Crippen LogP contribution >= 0.6 is 0 Å². The van der Waals surface area contributed by atoms with E-state index in [-0.39, 0.29) is 25.5 Å². The number of hydrogen-bond acceptors (Lipinski definition) is 6. The first-order chi connectivity index (χ1) is 8.43. The highest BCUT2D eigenvalue weighted by Gasteiger charge is 2.38. The lowest BCUT2D eigenvalue weighted by Gasteiger charge is -2.47. The summed E-state index contributed by atoms with van der Waals surface area (Å²) < 4.78 is 30.4. The zero-order chi connectivity index (χ0) is 13.6. The Morgan fingerprint density at radius 2 is 1.83 bits per heavy atom. The van der Waals surface area contributed by atoms with Crippen LogP contribution in [0.1, 0.15) is 12.8 Å². The van der Waals surface area contributed by atoms with Gasteiger partial charge in [0.2, 0.25) is 0 Å². The largest absolute Gasteiger partial charge is 0.396 e. The van der Waals surface area contributed by atoms with E-state index in [1.165, 1.54) is 0 Å². The first kappa shape index (κ1) is 15.8. The summed E-state index contributed by atoms with van der Waals surface area (Å²) in [5, 5.41) is 21.5. The number of rotatable bonds is 7. The molecule has 0 radical (unpaired) electrons. The Bertz CT molecular complexity index is 335. The summed E-state index contributed by atoms with van der Waals surface area (Å²) in [6.07, 6.45) is 0.929. The Kier molecular flexibility index (Phi) is 5.96. The first-order valence-corrected chi connectivity index (χ1v) is 7.67. The van der Waals surface area contributed by atoms with Gasteiger partial charge in [0.15, 0.2) is 0 Å². The third kappa shape index (κ3) is 4.45. The van der Waals surface area contributed by atoms with Crippen LogP contribution in [0.5, 0.6) is 0 Å². The second-order valence-electron chi connectivity index (χ2n) is 4.62. The topological polar surface area (TPSA) is 110 Å². The Morgan fingerprint density at radius 3 is 2.33 bits per heavy atom. The maximum Gasteiger partial charge on any atom is 0.266 e. The minimum absolute atomic E-state index is 0.0238. The average Bonchev–Trinajstić information content (AvgIpc) is 2.27. The van der Waals surface area contributed by atoms with E-state index < -0.39 is 15.7 Å². The number of hydrogen-bond donors (Lipinski definition) is 4. The van der Waals surface area contributed by atoms with E-state index in [0.29, 0.717) is 25.9 Å². The van der Waals surface area contributed by atoms with Gasteiger partial charge in [-0.2, -0.15) is 8.42 Å². The van der Waals surface area contributed by atoms with Crippen LogP contribution in [0, 0.1) is 0 Å². The minimum Gasteiger partial charge on any atom is -0.396 e. The summed E-state index contributed by atoms with van der Waals surface area (Å²) in [5.74, 6) is -0.328. The second-order valence-corrected chi connectivity index (χ2v) is 6.19. The smallest absolute Gasteiger partial charge is 0.266 e. The summed E-state index contributed by atoms with van der Waals surface area (Å²) >= 11 is 0. The molecule has 0 unspecified atom stereocenters. The van der Waals surface area contributed by atoms with E-state index in [0.717, 1.165) is 6.54 Å². The summed E-state index contributed by atoms with van der Waals surface area (Å²) in [6, 6.07) is 0. The molecular formula is C10H22N2O5S. The molecular weight excluding hydrogens is 260 g/mol. The lowest BCUT2D eigenvalue weighted by atomic mass is 9.87. The molecule has 18 heavy (non-hydrogen) atoms. The number of nitrogens with one attached hydrogen (secondary N) is 1. The van der Waals surface area contributed by atoms with E-state index in [1.54, 1.807) is 0 Å². The molecule has 0 bridgehead atoms. The zero-order valence-corrected chi connectivity index (χ0v) is 11.2. The fourth-order valence-corrected chi connectivity index (χ4v) is 2.94. The molecule has 4 N–H and O–H groups in total. The van der Waals surface area contributed by atoms with Crippen molar-refractivity contribution < 1.29 is 23.2 Å². The number of piperazine rings is 1. The van der Waals surface area contributed by atoms with Crippen molar-refractivity contribution in [1.82, 2.24) is 10.2 Å². The lowest BCUT2D eigenvalue weighted by molar-refractivity contribution is 0.0221. The van der Waals surface area contributed by atoms with E-state index >= 15 is 0 Å². The molecule has 1 saturated heterocycles. The Morgan fingerprint density at radius 1 is 1.22 bits per heavy atom. The fraction of sp³-hybridized carbons (Fsp3) is 1.00. The van der Waals surface area contributed by atoms with E-state index in [1.807, 2.05) is 4.90 Å². The van der Waals surface area contributed by atoms with Crippen molar-refractivity contribution >= 4 is 10.1 Å². The summed E-state index contributed by atoms with van der Waals surface area (Å²) in [7, 11) is -3.99. The van der Waals surface area contributed by atoms with Gasteiger partial charge in [-0.3, -0.25) is 9.45 Å². The predicted octanol–water partition coefficient (Wildman–Crippen LogP) is -1.72. The van der Waals surface area contributed by atoms with Gasteiger partial charge in [-0.05, 0) is 12.8 Å². The van der Waals surface area contributed by atoms with Crippen molar-refractivity contribution in [1.29, 1.82) is 0 Å². The van der Waals surface area contributed by atoms with Crippen molar-refractivity contribution in [3.8, 4) is 0 Å². The third-order valence-corrected chi connectivity index (χ3v) is 4.16. The van der Waals surface area contributed by atoms with E-state index in [9.17, 15) is 8.42 Å². The van der Waals surface area contributed by atoms with E-state index in [4.69, 9.17) is 14.8 Å². The van der Waals surface area contributed by atoms with Crippen LogP contribution in [0.25, 0.3) is 0 Å². The third-order valence-electron chi connectivity index (χ3n) is 3.46. The van der Waals surface area contributed by atoms with Gasteiger partial charge < -0.3 is 15.5 Å². The molecule has 0 aromatic heterocycles. The highest BCUT2D eigenvalue weighted by molar-refractivity contribution is 7.85. The quantitative estimate of drug-likeness (QED) is 0.411. The average molecular weight is 282 g/mol. The van der Waals surface area contributed by atoms with Gasteiger partial charge in [-0.1, -0.05) is 0 Å². The molecule has 0 spiro atoms. The zero-order valence-electron chi connectivity index (χ0n) is 10.4. The van der Waals surface area contributed by atoms with Gasteiger partial charge >= 0.3 is 0 Å². The van der Waals surface area contributed by atoms with Crippen molar-refractivity contribution in [2.75, 3.05) is 45.1 Å². The highest BCUT2D eigenvalue weighted by Crippen LogP contribution is 2.25. The molecule has 0 aliphatic carbocycles. The normalized spacial score (nSPS) is 21.1. The summed E-state index contributed by atoms with van der Waals surface area (Å²) in [4.78, 5) is 1.93. The molecule has 1 fully saturated rings. The van der Waals surface area contributed by atoms with Gasteiger partial charge in [0.25, 0.3) is 10.1 Å². The molecule has 7 nitrogen and oxygen atoms in total. The molecule has 108 valence electrons. The van der Waals surface area contributed by atoms with Crippen LogP contribution in [-0.4, -0.2) is 78.8 Å². The maximum absolute atomic E-state index is 10.8. The Balaban J connectivity index is 2.75. The summed E-state index contributed by atoms with van der Waals surface area (Å²) in [5.41, 5.74) is -0.438. The van der Waals surface area contributed by atoms with Gasteiger partial charge in [-0.25, -0.2) is 0 Å². The predicted molar refractivity (Wildman–Crippen MR) is 67.0 cm³/mol. The van der Waals surface area contributed by atoms with Gasteiger partial charge in [0.1, 0.15) is 0 Å². The van der Waals surface area contributed by atoms with Gasteiger partial charge in [0.05, 0.1) is 5.75 Å². The number of aliphatic hydroxyl groups is 2. The van der Waals surface area contributed by atoms with Gasteiger partial charge in [-0.15, -0.1) is 0 Å². The van der Waals surface area contributed by atoms with Gasteiger partial charge in [0, 0.05) is 44.9 Å². The number of aliphatic hydroxyl groups excluding tert-OH is 2. The standard InChI is InChI=1S/C10H22N2O5S/c13-6-1-10(2-7-14)9-11-3-4-12(10)5-8-18(15,16)17/h11,13-14H,1-9H2,(H,15,16,17). The van der Waals surface area contributed by atoms with Crippen LogP contribution in [-0.2, 0) is 10.1 Å². The molecule has 1 aliphatic rings.